The van der Waals surface area contributed by atoms with Gasteiger partial charge in [0, 0.05) is 43.5 Å². The summed E-state index contributed by atoms with van der Waals surface area (Å²) in [7, 11) is -1.93. The average molecular weight is 830 g/mol. The summed E-state index contributed by atoms with van der Waals surface area (Å²) >= 11 is 5.67. The molecule has 2 aromatic heterocycles. The lowest BCUT2D eigenvalue weighted by molar-refractivity contribution is -0.00968. The highest BCUT2D eigenvalue weighted by atomic mass is 32.1. The van der Waals surface area contributed by atoms with Crippen LogP contribution in [0.15, 0.2) is 57.8 Å². The van der Waals surface area contributed by atoms with Crippen molar-refractivity contribution in [3.63, 3.8) is 0 Å². The van der Waals surface area contributed by atoms with Crippen LogP contribution in [0.25, 0.3) is 11.0 Å². The molecule has 57 heavy (non-hydrogen) atoms. The highest BCUT2D eigenvalue weighted by molar-refractivity contribution is 7.71. The summed E-state index contributed by atoms with van der Waals surface area (Å²) in [5.74, 6) is 0.851. The summed E-state index contributed by atoms with van der Waals surface area (Å²) in [6.07, 6.45) is 6.61. The molecule has 0 unspecified atom stereocenters. The third-order valence-electron chi connectivity index (χ3n) is 10.8. The Hall–Kier alpha value is -3.19. The van der Waals surface area contributed by atoms with Gasteiger partial charge in [-0.05, 0) is 69.3 Å². The van der Waals surface area contributed by atoms with E-state index >= 15 is 0 Å². The third-order valence-corrected chi connectivity index (χ3v) is 15.6. The predicted molar refractivity (Wildman–Crippen MR) is 226 cm³/mol. The van der Waals surface area contributed by atoms with Crippen molar-refractivity contribution in [1.29, 1.82) is 0 Å². The van der Waals surface area contributed by atoms with E-state index < -0.39 is 20.2 Å². The van der Waals surface area contributed by atoms with Crippen LogP contribution in [0.3, 0.4) is 0 Å². The number of hydrogen-bond donors (Lipinski definition) is 1. The zero-order valence-corrected chi connectivity index (χ0v) is 36.9. The van der Waals surface area contributed by atoms with Gasteiger partial charge in [0.05, 0.1) is 77.0 Å². The smallest absolute Gasteiger partial charge is 0.333 e. The molecule has 0 fully saturated rings. The summed E-state index contributed by atoms with van der Waals surface area (Å²) < 4.78 is 46.8. The monoisotopic (exact) mass is 829 g/mol. The van der Waals surface area contributed by atoms with Gasteiger partial charge >= 0.3 is 5.69 Å². The molecular weight excluding hydrogens is 767 g/mol. The Morgan fingerprint density at radius 1 is 0.947 bits per heavy atom. The number of rotatable bonds is 22. The number of imidazole rings is 1. The van der Waals surface area contributed by atoms with E-state index in [1.54, 1.807) is 0 Å². The van der Waals surface area contributed by atoms with Crippen LogP contribution in [0.5, 0.6) is 5.75 Å². The van der Waals surface area contributed by atoms with Gasteiger partial charge < -0.3 is 42.4 Å². The van der Waals surface area contributed by atoms with Crippen LogP contribution in [0.4, 0.5) is 0 Å². The standard InChI is InChI=1S/C41H63N5O9SSi/c1-30(2)13-15-43-28-33-35(11-10-34-38(33)46(27-31(43)3)39(56)42-34)53-26-25-52-24-23-51-22-21-50-20-19-49-18-17-44-36(47)14-16-45(40(44)48)37-12-9-32(55-37)29-54-57(7,8)41(4,5)6/h9-14,16,31-32,37H,15,17-29H2,1-8H3,(H,42,56)/t31-,32-,37+/m0/s1. The van der Waals surface area contributed by atoms with Crippen LogP contribution in [-0.4, -0.2) is 117 Å². The first-order chi connectivity index (χ1) is 27.2. The molecule has 1 aromatic carbocycles. The van der Waals surface area contributed by atoms with Crippen LogP contribution in [0, 0.1) is 4.77 Å². The Kier molecular flexibility index (Phi) is 16.3. The normalized spacial score (nSPS) is 18.7. The maximum atomic E-state index is 13.2. The van der Waals surface area contributed by atoms with Crippen LogP contribution in [0.2, 0.25) is 18.1 Å². The molecule has 3 aromatic rings. The zero-order chi connectivity index (χ0) is 41.2. The van der Waals surface area contributed by atoms with Crippen LogP contribution in [0.1, 0.15) is 53.3 Å². The minimum atomic E-state index is -1.93. The number of allylic oxidation sites excluding steroid dienone is 1. The topological polar surface area (TPSA) is 133 Å². The van der Waals surface area contributed by atoms with E-state index in [1.165, 1.54) is 22.4 Å². The maximum Gasteiger partial charge on any atom is 0.333 e. The van der Waals surface area contributed by atoms with Gasteiger partial charge in [-0.2, -0.15) is 0 Å². The highest BCUT2D eigenvalue weighted by Gasteiger charge is 2.38. The van der Waals surface area contributed by atoms with Gasteiger partial charge in [-0.15, -0.1) is 0 Å². The van der Waals surface area contributed by atoms with E-state index in [2.05, 4.69) is 75.2 Å². The zero-order valence-electron chi connectivity index (χ0n) is 35.0. The lowest BCUT2D eigenvalue weighted by Crippen LogP contribution is -2.43. The van der Waals surface area contributed by atoms with E-state index in [4.69, 9.17) is 45.1 Å². The number of nitrogens with one attached hydrogen (secondary N) is 1. The average Bonchev–Trinajstić information content (AvgIpc) is 3.71. The first-order valence-corrected chi connectivity index (χ1v) is 23.3. The van der Waals surface area contributed by atoms with Gasteiger partial charge in [-0.25, -0.2) is 4.79 Å². The second-order valence-corrected chi connectivity index (χ2v) is 21.5. The van der Waals surface area contributed by atoms with E-state index in [1.807, 2.05) is 24.3 Å². The van der Waals surface area contributed by atoms with Gasteiger partial charge in [0.2, 0.25) is 0 Å². The summed E-state index contributed by atoms with van der Waals surface area (Å²) in [6, 6.07) is 5.75. The molecule has 5 rings (SSSR count). The Balaban J connectivity index is 0.922. The summed E-state index contributed by atoms with van der Waals surface area (Å²) in [6.45, 7) is 23.9. The SMILES string of the molecule is CC(C)=CCN1Cc2c(OCCOCCOCCOCCOCCn3c(=O)ccn([C@H]4C=C[C@@H](CO[Si](C)(C)C(C)(C)C)O4)c3=O)ccc3[nH]c(=S)n(c23)C[C@@H]1C. The quantitative estimate of drug-likeness (QED) is 0.0570. The molecule has 1 N–H and O–H groups in total. The third kappa shape index (κ3) is 12.2. The van der Waals surface area contributed by atoms with Crippen molar-refractivity contribution in [2.24, 2.45) is 0 Å². The van der Waals surface area contributed by atoms with E-state index in [9.17, 15) is 9.59 Å². The second kappa shape index (κ2) is 20.7. The molecule has 0 radical (unpaired) electrons. The molecule has 0 amide bonds. The van der Waals surface area contributed by atoms with Gasteiger partial charge in [0.1, 0.15) is 18.5 Å². The molecular formula is C41H63N5O9SSi. The summed E-state index contributed by atoms with van der Waals surface area (Å²) in [4.78, 5) is 31.5. The number of benzene rings is 1. The first kappa shape index (κ1) is 44.9. The first-order valence-electron chi connectivity index (χ1n) is 20.0. The molecule has 0 saturated heterocycles. The molecule has 2 aliphatic heterocycles. The minimum Gasteiger partial charge on any atom is -0.491 e. The van der Waals surface area contributed by atoms with Crippen molar-refractivity contribution in [3.05, 3.63) is 79.4 Å². The summed E-state index contributed by atoms with van der Waals surface area (Å²) in [5, 5.41) is 0.0873. The van der Waals surface area contributed by atoms with Crippen molar-refractivity contribution in [3.8, 4) is 5.75 Å². The molecule has 2 aliphatic rings. The molecule has 0 aliphatic carbocycles. The van der Waals surface area contributed by atoms with E-state index in [0.717, 1.165) is 51.3 Å². The van der Waals surface area contributed by atoms with Crippen molar-refractivity contribution in [2.75, 3.05) is 72.6 Å². The number of ether oxygens (including phenoxy) is 6. The fraction of sp³-hybridized carbons (Fsp3) is 0.634. The molecule has 4 heterocycles. The van der Waals surface area contributed by atoms with Gasteiger partial charge in [0.25, 0.3) is 5.56 Å². The number of nitrogens with zero attached hydrogens (tertiary/aromatic N) is 4. The van der Waals surface area contributed by atoms with Crippen molar-refractivity contribution in [2.45, 2.75) is 97.7 Å². The lowest BCUT2D eigenvalue weighted by Gasteiger charge is -2.36. The predicted octanol–water partition coefficient (Wildman–Crippen LogP) is 5.81. The lowest BCUT2D eigenvalue weighted by atomic mass is 10.1. The minimum absolute atomic E-state index is 0.0873. The van der Waals surface area contributed by atoms with Gasteiger partial charge in [-0.1, -0.05) is 38.5 Å². The van der Waals surface area contributed by atoms with E-state index in [-0.39, 0.29) is 29.9 Å². The van der Waals surface area contributed by atoms with Crippen LogP contribution < -0.4 is 16.0 Å². The molecule has 0 saturated carbocycles. The summed E-state index contributed by atoms with van der Waals surface area (Å²) in [5.41, 5.74) is 3.75. The van der Waals surface area contributed by atoms with Crippen molar-refractivity contribution >= 4 is 31.6 Å². The Morgan fingerprint density at radius 2 is 1.60 bits per heavy atom. The number of aromatic amines is 1. The Bertz CT molecular complexity index is 2010. The molecule has 316 valence electrons. The van der Waals surface area contributed by atoms with Crippen LogP contribution in [-0.2, 0) is 47.7 Å². The van der Waals surface area contributed by atoms with E-state index in [0.29, 0.717) is 65.5 Å². The number of H-pyrrole nitrogens is 1. The molecule has 0 spiro atoms. The molecule has 16 heteroatoms. The number of hydrogen-bond acceptors (Lipinski definition) is 11. The maximum absolute atomic E-state index is 13.2. The Labute approximate surface area is 342 Å². The highest BCUT2D eigenvalue weighted by Crippen LogP contribution is 2.37. The molecule has 14 nitrogen and oxygen atoms in total. The van der Waals surface area contributed by atoms with Crippen molar-refractivity contribution < 1.29 is 32.8 Å². The Morgan fingerprint density at radius 3 is 2.25 bits per heavy atom. The van der Waals surface area contributed by atoms with Gasteiger partial charge in [-0.3, -0.25) is 18.8 Å². The fourth-order valence-electron chi connectivity index (χ4n) is 6.36. The molecule has 0 bridgehead atoms. The largest absolute Gasteiger partial charge is 0.491 e. The molecule has 3 atom stereocenters. The fourth-order valence-corrected chi connectivity index (χ4v) is 7.65. The van der Waals surface area contributed by atoms with Crippen molar-refractivity contribution in [1.82, 2.24) is 23.6 Å². The second-order valence-electron chi connectivity index (χ2n) is 16.4. The van der Waals surface area contributed by atoms with Gasteiger partial charge in [0.15, 0.2) is 19.3 Å². The van der Waals surface area contributed by atoms with Crippen LogP contribution >= 0.6 is 12.2 Å². The number of aromatic nitrogens is 4.